The highest BCUT2D eigenvalue weighted by Gasteiger charge is 2.25. The molecule has 0 amide bonds. The fourth-order valence-corrected chi connectivity index (χ4v) is 3.07. The maximum absolute atomic E-state index is 12.3. The highest BCUT2D eigenvalue weighted by atomic mass is 31.1. The van der Waals surface area contributed by atoms with Crippen molar-refractivity contribution in [2.75, 3.05) is 0 Å². The molecule has 94 valence electrons. The van der Waals surface area contributed by atoms with Gasteiger partial charge >= 0.3 is 0 Å². The molecule has 0 bridgehead atoms. The largest absolute Gasteiger partial charge is 0.288 e. The van der Waals surface area contributed by atoms with E-state index in [0.717, 1.165) is 0 Å². The van der Waals surface area contributed by atoms with Gasteiger partial charge in [0.25, 0.3) is 0 Å². The van der Waals surface area contributed by atoms with Gasteiger partial charge in [-0.1, -0.05) is 73.1 Å². The first-order chi connectivity index (χ1) is 9.24. The van der Waals surface area contributed by atoms with Gasteiger partial charge < -0.3 is 0 Å². The summed E-state index contributed by atoms with van der Waals surface area (Å²) in [6, 6.07) is 17.7. The van der Waals surface area contributed by atoms with E-state index in [2.05, 4.69) is 6.58 Å². The summed E-state index contributed by atoms with van der Waals surface area (Å²) in [5, 5.41) is 0. The first-order valence-corrected chi connectivity index (χ1v) is 7.25. The lowest BCUT2D eigenvalue weighted by Gasteiger charge is -2.10. The minimum atomic E-state index is -1.55. The third kappa shape index (κ3) is 3.04. The van der Waals surface area contributed by atoms with Crippen LogP contribution in [0.15, 0.2) is 73.1 Å². The summed E-state index contributed by atoms with van der Waals surface area (Å²) in [7, 11) is -1.55. The van der Waals surface area contributed by atoms with Gasteiger partial charge in [0, 0.05) is 11.1 Å². The molecule has 0 atom stereocenters. The lowest BCUT2D eigenvalue weighted by Crippen LogP contribution is -2.04. The van der Waals surface area contributed by atoms with E-state index < -0.39 is 7.92 Å². The molecule has 0 aliphatic rings. The van der Waals surface area contributed by atoms with Crippen molar-refractivity contribution < 1.29 is 9.59 Å². The SMILES string of the molecule is C=CP(C(=O)c1ccccc1)C(=O)c1ccccc1. The van der Waals surface area contributed by atoms with Crippen molar-refractivity contribution in [1.82, 2.24) is 0 Å². The zero-order valence-corrected chi connectivity index (χ0v) is 11.2. The molecule has 2 aromatic rings. The second kappa shape index (κ2) is 6.21. The van der Waals surface area contributed by atoms with Gasteiger partial charge in [0.2, 0.25) is 0 Å². The summed E-state index contributed by atoms with van der Waals surface area (Å²) >= 11 is 0. The number of carbonyl (C=O) groups is 2. The first kappa shape index (κ1) is 13.4. The maximum atomic E-state index is 12.3. The molecule has 3 heteroatoms. The minimum absolute atomic E-state index is 0.153. The molecule has 0 aliphatic heterocycles. The quantitative estimate of drug-likeness (QED) is 0.758. The highest BCUT2D eigenvalue weighted by Crippen LogP contribution is 2.43. The minimum Gasteiger partial charge on any atom is -0.288 e. The zero-order valence-electron chi connectivity index (χ0n) is 10.3. The summed E-state index contributed by atoms with van der Waals surface area (Å²) in [5.74, 6) is 1.47. The Hall–Kier alpha value is -2.05. The molecule has 19 heavy (non-hydrogen) atoms. The van der Waals surface area contributed by atoms with Crippen molar-refractivity contribution in [3.05, 3.63) is 84.2 Å². The average Bonchev–Trinajstić information content (AvgIpc) is 2.49. The topological polar surface area (TPSA) is 34.1 Å². The Morgan fingerprint density at radius 2 is 1.16 bits per heavy atom. The van der Waals surface area contributed by atoms with Crippen molar-refractivity contribution in [3.8, 4) is 0 Å². The predicted octanol–water partition coefficient (Wildman–Crippen LogP) is 4.29. The van der Waals surface area contributed by atoms with E-state index in [1.807, 2.05) is 12.1 Å². The summed E-state index contributed by atoms with van der Waals surface area (Å²) in [5.41, 5.74) is 0.800. The number of hydrogen-bond acceptors (Lipinski definition) is 2. The fraction of sp³-hybridized carbons (Fsp3) is 0. The van der Waals surface area contributed by atoms with Gasteiger partial charge in [0.15, 0.2) is 11.0 Å². The van der Waals surface area contributed by atoms with Gasteiger partial charge in [-0.05, 0) is 0 Å². The monoisotopic (exact) mass is 268 g/mol. The summed E-state index contributed by atoms with van der Waals surface area (Å²) < 4.78 is 0. The number of hydrogen-bond donors (Lipinski definition) is 0. The van der Waals surface area contributed by atoms with E-state index in [9.17, 15) is 9.59 Å². The van der Waals surface area contributed by atoms with Crippen LogP contribution in [0.2, 0.25) is 0 Å². The highest BCUT2D eigenvalue weighted by molar-refractivity contribution is 7.92. The van der Waals surface area contributed by atoms with Crippen molar-refractivity contribution >= 4 is 19.0 Å². The molecule has 0 radical (unpaired) electrons. The number of benzene rings is 2. The Morgan fingerprint density at radius 3 is 1.47 bits per heavy atom. The summed E-state index contributed by atoms with van der Waals surface area (Å²) in [6.07, 6.45) is 0. The Morgan fingerprint density at radius 1 is 0.789 bits per heavy atom. The predicted molar refractivity (Wildman–Crippen MR) is 78.7 cm³/mol. The molecule has 0 saturated heterocycles. The zero-order chi connectivity index (χ0) is 13.7. The molecule has 0 heterocycles. The first-order valence-electron chi connectivity index (χ1n) is 5.84. The summed E-state index contributed by atoms with van der Waals surface area (Å²) in [4.78, 5) is 24.7. The van der Waals surface area contributed by atoms with Crippen LogP contribution in [0.5, 0.6) is 0 Å². The summed E-state index contributed by atoms with van der Waals surface area (Å²) in [6.45, 7) is 3.64. The van der Waals surface area contributed by atoms with E-state index in [0.29, 0.717) is 11.1 Å². The lowest BCUT2D eigenvalue weighted by atomic mass is 10.2. The molecule has 0 saturated carbocycles. The van der Waals surface area contributed by atoms with Gasteiger partial charge in [0.05, 0.1) is 7.92 Å². The van der Waals surface area contributed by atoms with Gasteiger partial charge in [-0.3, -0.25) is 9.59 Å². The van der Waals surface area contributed by atoms with Crippen LogP contribution >= 0.6 is 7.92 Å². The Balaban J connectivity index is 2.29. The van der Waals surface area contributed by atoms with E-state index >= 15 is 0 Å². The molecule has 0 N–H and O–H groups in total. The van der Waals surface area contributed by atoms with Crippen molar-refractivity contribution in [2.45, 2.75) is 0 Å². The van der Waals surface area contributed by atoms with Gasteiger partial charge in [-0.2, -0.15) is 0 Å². The van der Waals surface area contributed by atoms with Crippen LogP contribution in [0, 0.1) is 0 Å². The van der Waals surface area contributed by atoms with Gasteiger partial charge in [-0.25, -0.2) is 0 Å². The molecule has 2 aromatic carbocycles. The normalized spacial score (nSPS) is 10.2. The molecule has 0 unspecified atom stereocenters. The molecule has 0 aromatic heterocycles. The molecule has 2 rings (SSSR count). The van der Waals surface area contributed by atoms with Crippen LogP contribution in [0.3, 0.4) is 0 Å². The smallest absolute Gasteiger partial charge is 0.195 e. The molecule has 0 spiro atoms. The molecule has 0 fully saturated rings. The fourth-order valence-electron chi connectivity index (χ4n) is 1.70. The van der Waals surface area contributed by atoms with Crippen molar-refractivity contribution in [2.24, 2.45) is 0 Å². The Kier molecular flexibility index (Phi) is 4.38. The molecule has 2 nitrogen and oxygen atoms in total. The van der Waals surface area contributed by atoms with Crippen LogP contribution in [-0.2, 0) is 0 Å². The molecule has 0 aliphatic carbocycles. The standard InChI is InChI=1S/C16H13O2P/c1-2-19(15(17)13-9-5-3-6-10-13)16(18)14-11-7-4-8-12-14/h2-12H,1H2. The van der Waals surface area contributed by atoms with Gasteiger partial charge in [-0.15, -0.1) is 0 Å². The third-order valence-electron chi connectivity index (χ3n) is 2.66. The number of carbonyl (C=O) groups excluding carboxylic acids is 2. The average molecular weight is 268 g/mol. The van der Waals surface area contributed by atoms with Crippen LogP contribution in [0.4, 0.5) is 0 Å². The molecular formula is C16H13O2P. The third-order valence-corrected chi connectivity index (χ3v) is 4.42. The second-order valence-corrected chi connectivity index (χ2v) is 5.81. The van der Waals surface area contributed by atoms with E-state index in [1.165, 1.54) is 5.82 Å². The van der Waals surface area contributed by atoms with Crippen LogP contribution in [0.25, 0.3) is 0 Å². The van der Waals surface area contributed by atoms with Gasteiger partial charge in [0.1, 0.15) is 0 Å². The van der Waals surface area contributed by atoms with Crippen LogP contribution < -0.4 is 0 Å². The Bertz CT molecular complexity index is 539. The molecular weight excluding hydrogens is 255 g/mol. The van der Waals surface area contributed by atoms with Crippen molar-refractivity contribution in [1.29, 1.82) is 0 Å². The van der Waals surface area contributed by atoms with Crippen LogP contribution in [0.1, 0.15) is 20.7 Å². The lowest BCUT2D eigenvalue weighted by molar-refractivity contribution is 0.105. The number of rotatable bonds is 5. The van der Waals surface area contributed by atoms with E-state index in [1.54, 1.807) is 48.5 Å². The Labute approximate surface area is 113 Å². The van der Waals surface area contributed by atoms with Crippen molar-refractivity contribution in [3.63, 3.8) is 0 Å². The van der Waals surface area contributed by atoms with Crippen LogP contribution in [-0.4, -0.2) is 11.0 Å². The second-order valence-electron chi connectivity index (χ2n) is 3.89. The maximum Gasteiger partial charge on any atom is 0.195 e. The van der Waals surface area contributed by atoms with E-state index in [4.69, 9.17) is 0 Å². The van der Waals surface area contributed by atoms with E-state index in [-0.39, 0.29) is 11.0 Å².